The summed E-state index contributed by atoms with van der Waals surface area (Å²) in [5.41, 5.74) is -0.0541. The summed E-state index contributed by atoms with van der Waals surface area (Å²) in [6.45, 7) is 3.14. The Labute approximate surface area is 127 Å². The monoisotopic (exact) mass is 335 g/mol. The molecular formula is C13H15ClFNO4S. The highest BCUT2D eigenvalue weighted by Crippen LogP contribution is 2.32. The van der Waals surface area contributed by atoms with Crippen molar-refractivity contribution in [2.24, 2.45) is 5.92 Å². The lowest BCUT2D eigenvalue weighted by atomic mass is 10.1. The van der Waals surface area contributed by atoms with E-state index in [4.69, 9.17) is 15.4 Å². The number of amides is 1. The van der Waals surface area contributed by atoms with Crippen LogP contribution in [-0.2, 0) is 9.05 Å². The van der Waals surface area contributed by atoms with Crippen molar-refractivity contribution >= 4 is 25.6 Å². The molecule has 1 aliphatic rings. The minimum absolute atomic E-state index is 0.0541. The van der Waals surface area contributed by atoms with Crippen molar-refractivity contribution in [3.63, 3.8) is 0 Å². The normalized spacial score (nSPS) is 18.9. The van der Waals surface area contributed by atoms with Gasteiger partial charge in [-0.3, -0.25) is 4.79 Å². The Balaban J connectivity index is 2.46. The first kappa shape index (κ1) is 16.0. The molecule has 116 valence electrons. The van der Waals surface area contributed by atoms with Crippen LogP contribution in [0.4, 0.5) is 4.39 Å². The van der Waals surface area contributed by atoms with Crippen LogP contribution in [0.2, 0.25) is 0 Å². The summed E-state index contributed by atoms with van der Waals surface area (Å²) in [5.74, 6) is -1.47. The number of carbonyl (C=O) groups excluding carboxylic acids is 1. The summed E-state index contributed by atoms with van der Waals surface area (Å²) < 4.78 is 41.7. The van der Waals surface area contributed by atoms with E-state index >= 15 is 0 Å². The summed E-state index contributed by atoms with van der Waals surface area (Å²) in [4.78, 5) is 13.3. The number of benzene rings is 1. The van der Waals surface area contributed by atoms with Gasteiger partial charge >= 0.3 is 0 Å². The lowest BCUT2D eigenvalue weighted by molar-refractivity contribution is 0.0787. The number of likely N-dealkylation sites (tertiary alicyclic amines) is 1. The molecule has 1 heterocycles. The van der Waals surface area contributed by atoms with Crippen molar-refractivity contribution in [2.45, 2.75) is 18.2 Å². The van der Waals surface area contributed by atoms with Crippen molar-refractivity contribution in [1.29, 1.82) is 0 Å². The van der Waals surface area contributed by atoms with Crippen LogP contribution in [0.1, 0.15) is 23.7 Å². The van der Waals surface area contributed by atoms with E-state index in [1.165, 1.54) is 0 Å². The molecule has 0 aromatic heterocycles. The van der Waals surface area contributed by atoms with Crippen molar-refractivity contribution in [1.82, 2.24) is 4.90 Å². The number of hydrogen-bond donors (Lipinski definition) is 0. The molecular weight excluding hydrogens is 321 g/mol. The molecule has 8 heteroatoms. The number of nitrogens with zero attached hydrogens (tertiary/aromatic N) is 1. The van der Waals surface area contributed by atoms with Gasteiger partial charge in [-0.2, -0.15) is 0 Å². The van der Waals surface area contributed by atoms with Gasteiger partial charge in [0.05, 0.1) is 7.11 Å². The molecule has 21 heavy (non-hydrogen) atoms. The molecule has 0 saturated carbocycles. The average molecular weight is 336 g/mol. The van der Waals surface area contributed by atoms with E-state index in [2.05, 4.69) is 0 Å². The van der Waals surface area contributed by atoms with E-state index in [0.29, 0.717) is 19.0 Å². The van der Waals surface area contributed by atoms with Crippen molar-refractivity contribution in [2.75, 3.05) is 20.2 Å². The first-order valence-electron chi connectivity index (χ1n) is 6.35. The highest BCUT2D eigenvalue weighted by atomic mass is 35.7. The number of methoxy groups -OCH3 is 1. The molecule has 0 radical (unpaired) electrons. The lowest BCUT2D eigenvalue weighted by Gasteiger charge is -2.17. The number of hydrogen-bond acceptors (Lipinski definition) is 4. The molecule has 0 N–H and O–H groups in total. The summed E-state index contributed by atoms with van der Waals surface area (Å²) in [6, 6.07) is 2.02. The van der Waals surface area contributed by atoms with E-state index in [-0.39, 0.29) is 5.56 Å². The summed E-state index contributed by atoms with van der Waals surface area (Å²) >= 11 is 0. The Kier molecular flexibility index (Phi) is 4.43. The fraction of sp³-hybridized carbons (Fsp3) is 0.462. The molecule has 2 rings (SSSR count). The molecule has 1 atom stereocenters. The Bertz CT molecular complexity index is 677. The molecule has 5 nitrogen and oxygen atoms in total. The molecule has 1 fully saturated rings. The SMILES string of the molecule is COc1c(F)cc(C(=O)N2CCC(C)C2)cc1S(=O)(=O)Cl. The van der Waals surface area contributed by atoms with Crippen molar-refractivity contribution in [3.05, 3.63) is 23.5 Å². The molecule has 1 aromatic carbocycles. The summed E-state index contributed by atoms with van der Waals surface area (Å²) in [5, 5.41) is 0. The molecule has 1 amide bonds. The van der Waals surface area contributed by atoms with Crippen LogP contribution in [0.15, 0.2) is 17.0 Å². The summed E-state index contributed by atoms with van der Waals surface area (Å²) in [7, 11) is 2.19. The topological polar surface area (TPSA) is 63.7 Å². The zero-order chi connectivity index (χ0) is 15.8. The predicted octanol–water partition coefficient (Wildman–Crippen LogP) is 2.24. The van der Waals surface area contributed by atoms with E-state index in [0.717, 1.165) is 25.7 Å². The number of ether oxygens (including phenoxy) is 1. The number of rotatable bonds is 3. The first-order valence-corrected chi connectivity index (χ1v) is 8.66. The Morgan fingerprint density at radius 2 is 2.14 bits per heavy atom. The maximum Gasteiger partial charge on any atom is 0.265 e. The minimum Gasteiger partial charge on any atom is -0.492 e. The number of carbonyl (C=O) groups is 1. The van der Waals surface area contributed by atoms with Crippen molar-refractivity contribution in [3.8, 4) is 5.75 Å². The van der Waals surface area contributed by atoms with Crippen LogP contribution in [0.5, 0.6) is 5.75 Å². The van der Waals surface area contributed by atoms with Gasteiger partial charge in [0.15, 0.2) is 11.6 Å². The van der Waals surface area contributed by atoms with Gasteiger partial charge in [-0.1, -0.05) is 6.92 Å². The second-order valence-electron chi connectivity index (χ2n) is 5.07. The van der Waals surface area contributed by atoms with E-state index in [1.807, 2.05) is 6.92 Å². The van der Waals surface area contributed by atoms with Crippen LogP contribution in [-0.4, -0.2) is 39.4 Å². The second kappa shape index (κ2) is 5.81. The van der Waals surface area contributed by atoms with Gasteiger partial charge < -0.3 is 9.64 Å². The third-order valence-corrected chi connectivity index (χ3v) is 4.76. The zero-order valence-electron chi connectivity index (χ0n) is 11.6. The lowest BCUT2D eigenvalue weighted by Crippen LogP contribution is -2.28. The van der Waals surface area contributed by atoms with Crippen LogP contribution in [0.3, 0.4) is 0 Å². The summed E-state index contributed by atoms with van der Waals surface area (Å²) in [6.07, 6.45) is 0.866. The highest BCUT2D eigenvalue weighted by Gasteiger charge is 2.28. The van der Waals surface area contributed by atoms with Crippen molar-refractivity contribution < 1.29 is 22.3 Å². The molecule has 0 spiro atoms. The van der Waals surface area contributed by atoms with E-state index < -0.39 is 31.4 Å². The third kappa shape index (κ3) is 3.29. The smallest absolute Gasteiger partial charge is 0.265 e. The largest absolute Gasteiger partial charge is 0.492 e. The van der Waals surface area contributed by atoms with E-state index in [9.17, 15) is 17.6 Å². The Morgan fingerprint density at radius 3 is 2.62 bits per heavy atom. The molecule has 1 saturated heterocycles. The average Bonchev–Trinajstić information content (AvgIpc) is 2.82. The third-order valence-electron chi connectivity index (χ3n) is 3.43. The maximum absolute atomic E-state index is 13.9. The van der Waals surface area contributed by atoms with Crippen LogP contribution in [0, 0.1) is 11.7 Å². The standard InChI is InChI=1S/C13H15ClFNO4S/c1-8-3-4-16(7-8)13(17)9-5-10(15)12(20-2)11(6-9)21(14,18)19/h5-6,8H,3-4,7H2,1-2H3. The van der Waals surface area contributed by atoms with E-state index in [1.54, 1.807) is 4.90 Å². The van der Waals surface area contributed by atoms with Gasteiger partial charge in [0.1, 0.15) is 4.90 Å². The van der Waals surface area contributed by atoms with Gasteiger partial charge in [-0.15, -0.1) is 0 Å². The van der Waals surface area contributed by atoms with Gasteiger partial charge in [0.2, 0.25) is 0 Å². The quantitative estimate of drug-likeness (QED) is 0.795. The Morgan fingerprint density at radius 1 is 1.48 bits per heavy atom. The minimum atomic E-state index is -4.22. The fourth-order valence-corrected chi connectivity index (χ4v) is 3.39. The van der Waals surface area contributed by atoms with Crippen LogP contribution in [0.25, 0.3) is 0 Å². The molecule has 0 bridgehead atoms. The maximum atomic E-state index is 13.9. The Hall–Kier alpha value is -1.34. The molecule has 1 aliphatic heterocycles. The molecule has 1 aromatic rings. The molecule has 1 unspecified atom stereocenters. The molecule has 0 aliphatic carbocycles. The van der Waals surface area contributed by atoms with Gasteiger partial charge in [0.25, 0.3) is 15.0 Å². The number of halogens is 2. The fourth-order valence-electron chi connectivity index (χ4n) is 2.37. The highest BCUT2D eigenvalue weighted by molar-refractivity contribution is 8.13. The predicted molar refractivity (Wildman–Crippen MR) is 75.7 cm³/mol. The van der Waals surface area contributed by atoms with Gasteiger partial charge in [0, 0.05) is 29.3 Å². The van der Waals surface area contributed by atoms with Gasteiger partial charge in [-0.05, 0) is 24.5 Å². The van der Waals surface area contributed by atoms with Crippen LogP contribution < -0.4 is 4.74 Å². The van der Waals surface area contributed by atoms with Crippen LogP contribution >= 0.6 is 10.7 Å². The second-order valence-corrected chi connectivity index (χ2v) is 7.61. The first-order chi connectivity index (χ1) is 9.74. The zero-order valence-corrected chi connectivity index (χ0v) is 13.2. The van der Waals surface area contributed by atoms with Gasteiger partial charge in [-0.25, -0.2) is 12.8 Å².